The molecule has 7 nitrogen and oxygen atoms in total. The van der Waals surface area contributed by atoms with Crippen LogP contribution in [0.3, 0.4) is 0 Å². The van der Waals surface area contributed by atoms with Gasteiger partial charge >= 0.3 is 0 Å². The van der Waals surface area contributed by atoms with E-state index in [1.807, 2.05) is 10.9 Å². The lowest BCUT2D eigenvalue weighted by molar-refractivity contribution is -0.123. The number of carbonyl (C=O) groups excluding carboxylic acids is 2. The summed E-state index contributed by atoms with van der Waals surface area (Å²) in [5.74, 6) is -0.474. The molecule has 1 atom stereocenters. The normalized spacial score (nSPS) is 18.0. The summed E-state index contributed by atoms with van der Waals surface area (Å²) in [6.45, 7) is 8.45. The lowest BCUT2D eigenvalue weighted by atomic mass is 10.1. The lowest BCUT2D eigenvalue weighted by Gasteiger charge is -2.17. The number of anilines is 1. The van der Waals surface area contributed by atoms with Crippen molar-refractivity contribution in [2.45, 2.75) is 26.8 Å². The SMILES string of the molecule is CCN(CC)CCn1cc(NC(=O)C2CNC(=O)C2)cn1. The van der Waals surface area contributed by atoms with E-state index in [4.69, 9.17) is 0 Å². The van der Waals surface area contributed by atoms with Crippen molar-refractivity contribution in [3.63, 3.8) is 0 Å². The van der Waals surface area contributed by atoms with Gasteiger partial charge in [-0.1, -0.05) is 13.8 Å². The predicted molar refractivity (Wildman–Crippen MR) is 79.8 cm³/mol. The Morgan fingerprint density at radius 1 is 1.52 bits per heavy atom. The maximum atomic E-state index is 12.0. The van der Waals surface area contributed by atoms with Crippen molar-refractivity contribution < 1.29 is 9.59 Å². The first kappa shape index (κ1) is 15.5. The molecule has 0 spiro atoms. The van der Waals surface area contributed by atoms with Gasteiger partial charge < -0.3 is 15.5 Å². The van der Waals surface area contributed by atoms with Crippen LogP contribution in [0.5, 0.6) is 0 Å². The van der Waals surface area contributed by atoms with Crippen LogP contribution in [0.1, 0.15) is 20.3 Å². The molecule has 1 fully saturated rings. The van der Waals surface area contributed by atoms with Crippen LogP contribution in [0.4, 0.5) is 5.69 Å². The second-order valence-electron chi connectivity index (χ2n) is 5.21. The molecule has 1 aliphatic rings. The highest BCUT2D eigenvalue weighted by Crippen LogP contribution is 2.13. The minimum Gasteiger partial charge on any atom is -0.355 e. The Morgan fingerprint density at radius 2 is 2.29 bits per heavy atom. The molecule has 0 saturated carbocycles. The maximum absolute atomic E-state index is 12.0. The zero-order valence-corrected chi connectivity index (χ0v) is 12.6. The van der Waals surface area contributed by atoms with Crippen molar-refractivity contribution >= 4 is 17.5 Å². The summed E-state index contributed by atoms with van der Waals surface area (Å²) >= 11 is 0. The van der Waals surface area contributed by atoms with Gasteiger partial charge in [0.1, 0.15) is 0 Å². The molecule has 0 radical (unpaired) electrons. The van der Waals surface area contributed by atoms with Crippen molar-refractivity contribution in [1.29, 1.82) is 0 Å². The van der Waals surface area contributed by atoms with E-state index in [1.54, 1.807) is 6.20 Å². The van der Waals surface area contributed by atoms with Crippen LogP contribution in [0.15, 0.2) is 12.4 Å². The van der Waals surface area contributed by atoms with Crippen LogP contribution in [-0.4, -0.2) is 52.7 Å². The monoisotopic (exact) mass is 293 g/mol. The van der Waals surface area contributed by atoms with Crippen LogP contribution in [-0.2, 0) is 16.1 Å². The third-order valence-electron chi connectivity index (χ3n) is 3.79. The molecule has 1 saturated heterocycles. The van der Waals surface area contributed by atoms with Gasteiger partial charge in [0.2, 0.25) is 11.8 Å². The van der Waals surface area contributed by atoms with E-state index in [1.165, 1.54) is 0 Å². The molecule has 0 aromatic carbocycles. The zero-order chi connectivity index (χ0) is 15.2. The van der Waals surface area contributed by atoms with Gasteiger partial charge in [-0.3, -0.25) is 14.3 Å². The Kier molecular flexibility index (Phi) is 5.32. The summed E-state index contributed by atoms with van der Waals surface area (Å²) in [5, 5.41) is 9.72. The van der Waals surface area contributed by atoms with E-state index in [2.05, 4.69) is 34.5 Å². The highest BCUT2D eigenvalue weighted by Gasteiger charge is 2.28. The average Bonchev–Trinajstić information content (AvgIpc) is 3.09. The molecule has 7 heteroatoms. The number of carbonyl (C=O) groups is 2. The van der Waals surface area contributed by atoms with Gasteiger partial charge in [-0.2, -0.15) is 5.10 Å². The molecule has 0 bridgehead atoms. The Labute approximate surface area is 124 Å². The molecule has 21 heavy (non-hydrogen) atoms. The predicted octanol–water partition coefficient (Wildman–Crippen LogP) is 0.300. The van der Waals surface area contributed by atoms with Gasteiger partial charge in [0.25, 0.3) is 0 Å². The summed E-state index contributed by atoms with van der Waals surface area (Å²) in [7, 11) is 0. The quantitative estimate of drug-likeness (QED) is 0.758. The van der Waals surface area contributed by atoms with E-state index < -0.39 is 0 Å². The molecule has 2 heterocycles. The first-order chi connectivity index (χ1) is 10.1. The Balaban J connectivity index is 1.82. The summed E-state index contributed by atoms with van der Waals surface area (Å²) in [6.07, 6.45) is 3.73. The highest BCUT2D eigenvalue weighted by molar-refractivity contribution is 5.96. The van der Waals surface area contributed by atoms with Gasteiger partial charge in [-0.05, 0) is 13.1 Å². The van der Waals surface area contributed by atoms with Gasteiger partial charge in [0.05, 0.1) is 24.3 Å². The number of rotatable bonds is 7. The second-order valence-corrected chi connectivity index (χ2v) is 5.21. The molecular weight excluding hydrogens is 270 g/mol. The number of aromatic nitrogens is 2. The van der Waals surface area contributed by atoms with Crippen LogP contribution in [0.2, 0.25) is 0 Å². The van der Waals surface area contributed by atoms with Gasteiger partial charge in [-0.25, -0.2) is 0 Å². The molecular formula is C14H23N5O2. The van der Waals surface area contributed by atoms with E-state index in [9.17, 15) is 9.59 Å². The first-order valence-electron chi connectivity index (χ1n) is 7.44. The number of hydrogen-bond acceptors (Lipinski definition) is 4. The second kappa shape index (κ2) is 7.21. The van der Waals surface area contributed by atoms with Crippen molar-refractivity contribution in [2.75, 3.05) is 31.5 Å². The molecule has 2 rings (SSSR count). The van der Waals surface area contributed by atoms with E-state index >= 15 is 0 Å². The molecule has 2 amide bonds. The smallest absolute Gasteiger partial charge is 0.229 e. The van der Waals surface area contributed by atoms with Crippen LogP contribution in [0.25, 0.3) is 0 Å². The summed E-state index contributed by atoms with van der Waals surface area (Å²) in [6, 6.07) is 0. The molecule has 2 N–H and O–H groups in total. The van der Waals surface area contributed by atoms with E-state index in [-0.39, 0.29) is 24.2 Å². The third-order valence-corrected chi connectivity index (χ3v) is 3.79. The molecule has 116 valence electrons. The number of nitrogens with zero attached hydrogens (tertiary/aromatic N) is 3. The van der Waals surface area contributed by atoms with E-state index in [0.29, 0.717) is 12.2 Å². The van der Waals surface area contributed by atoms with Gasteiger partial charge in [0, 0.05) is 25.7 Å². The maximum Gasteiger partial charge on any atom is 0.229 e. The molecule has 1 unspecified atom stereocenters. The Hall–Kier alpha value is -1.89. The zero-order valence-electron chi connectivity index (χ0n) is 12.6. The van der Waals surface area contributed by atoms with Crippen molar-refractivity contribution in [1.82, 2.24) is 20.0 Å². The number of amides is 2. The minimum absolute atomic E-state index is 0.0648. The molecule has 1 aromatic rings. The van der Waals surface area contributed by atoms with E-state index in [0.717, 1.165) is 26.2 Å². The van der Waals surface area contributed by atoms with Crippen LogP contribution >= 0.6 is 0 Å². The fourth-order valence-electron chi connectivity index (χ4n) is 2.37. The first-order valence-corrected chi connectivity index (χ1v) is 7.44. The molecule has 1 aliphatic heterocycles. The van der Waals surface area contributed by atoms with Crippen molar-refractivity contribution in [3.05, 3.63) is 12.4 Å². The topological polar surface area (TPSA) is 79.3 Å². The number of hydrogen-bond donors (Lipinski definition) is 2. The molecule has 1 aromatic heterocycles. The van der Waals surface area contributed by atoms with Crippen molar-refractivity contribution in [2.24, 2.45) is 5.92 Å². The summed E-state index contributed by atoms with van der Waals surface area (Å²) in [5.41, 5.74) is 0.680. The van der Waals surface area contributed by atoms with Crippen LogP contribution < -0.4 is 10.6 Å². The van der Waals surface area contributed by atoms with Crippen LogP contribution in [0, 0.1) is 5.92 Å². The standard InChI is InChI=1S/C14H23N5O2/c1-3-18(4-2)5-6-19-10-12(9-16-19)17-14(21)11-7-13(20)15-8-11/h9-11H,3-8H2,1-2H3,(H,15,20)(H,17,21). The fraction of sp³-hybridized carbons (Fsp3) is 0.643. The highest BCUT2D eigenvalue weighted by atomic mass is 16.2. The van der Waals surface area contributed by atoms with Gasteiger partial charge in [-0.15, -0.1) is 0 Å². The third kappa shape index (κ3) is 4.29. The molecule has 0 aliphatic carbocycles. The Bertz CT molecular complexity index is 495. The Morgan fingerprint density at radius 3 is 2.90 bits per heavy atom. The number of nitrogens with one attached hydrogen (secondary N) is 2. The largest absolute Gasteiger partial charge is 0.355 e. The van der Waals surface area contributed by atoms with Crippen molar-refractivity contribution in [3.8, 4) is 0 Å². The summed E-state index contributed by atoms with van der Waals surface area (Å²) < 4.78 is 1.83. The fourth-order valence-corrected chi connectivity index (χ4v) is 2.37. The average molecular weight is 293 g/mol. The minimum atomic E-state index is -0.281. The van der Waals surface area contributed by atoms with Gasteiger partial charge in [0.15, 0.2) is 0 Å². The number of likely N-dealkylation sites (N-methyl/N-ethyl adjacent to an activating group) is 1. The lowest BCUT2D eigenvalue weighted by Crippen LogP contribution is -2.27. The summed E-state index contributed by atoms with van der Waals surface area (Å²) in [4.78, 5) is 25.4.